The lowest BCUT2D eigenvalue weighted by Crippen LogP contribution is -1.97. The average molecular weight is 193 g/mol. The molecular weight excluding hydrogens is 185 g/mol. The lowest BCUT2D eigenvalue weighted by molar-refractivity contribution is 0.209. The Hall–Kier alpha value is -0.910. The molecule has 0 aliphatic rings. The molecule has 1 aromatic rings. The third kappa shape index (κ3) is 2.04. The zero-order chi connectivity index (χ0) is 9.03. The van der Waals surface area contributed by atoms with Gasteiger partial charge in [-0.15, -0.1) is 5.10 Å². The van der Waals surface area contributed by atoms with Crippen LogP contribution in [-0.4, -0.2) is 29.6 Å². The first-order valence-corrected chi connectivity index (χ1v) is 4.43. The summed E-state index contributed by atoms with van der Waals surface area (Å²) in [6, 6.07) is 0. The summed E-state index contributed by atoms with van der Waals surface area (Å²) in [5.41, 5.74) is 0. The molecule has 0 aliphatic carbocycles. The minimum Gasteiger partial charge on any atom is -0.382 e. The van der Waals surface area contributed by atoms with E-state index in [1.54, 1.807) is 0 Å². The molecule has 0 amide bonds. The third-order valence-corrected chi connectivity index (χ3v) is 2.35. The number of rotatable bonds is 4. The Kier molecular flexibility index (Phi) is 2.80. The van der Waals surface area contributed by atoms with Crippen LogP contribution < -0.4 is 4.52 Å². The molecule has 0 aliphatic heterocycles. The predicted molar refractivity (Wildman–Crippen MR) is 38.6 cm³/mol. The van der Waals surface area contributed by atoms with E-state index in [0.717, 1.165) is 0 Å². The Morgan fingerprint density at radius 1 is 1.50 bits per heavy atom. The van der Waals surface area contributed by atoms with E-state index >= 15 is 0 Å². The van der Waals surface area contributed by atoms with Gasteiger partial charge in [0.2, 0.25) is 0 Å². The second-order valence-electron chi connectivity index (χ2n) is 1.71. The molecule has 0 fully saturated rings. The highest BCUT2D eigenvalue weighted by atomic mass is 31.2. The summed E-state index contributed by atoms with van der Waals surface area (Å²) in [7, 11) is -1.07. The Labute approximate surface area is 68.6 Å². The van der Waals surface area contributed by atoms with Crippen molar-refractivity contribution in [2.24, 2.45) is 0 Å². The van der Waals surface area contributed by atoms with Gasteiger partial charge in [-0.05, 0) is 0 Å². The topological polar surface area (TPSA) is 86.3 Å². The van der Waals surface area contributed by atoms with Crippen LogP contribution in [-0.2, 0) is 13.6 Å². The van der Waals surface area contributed by atoms with Crippen LogP contribution in [0.4, 0.5) is 0 Å². The van der Waals surface area contributed by atoms with Gasteiger partial charge in [0.05, 0.1) is 0 Å². The number of H-pyrrole nitrogens is 1. The van der Waals surface area contributed by atoms with Gasteiger partial charge in [0.15, 0.2) is 0 Å². The second-order valence-corrected chi connectivity index (χ2v) is 3.52. The van der Waals surface area contributed by atoms with Gasteiger partial charge in [0.25, 0.3) is 5.88 Å². The van der Waals surface area contributed by atoms with Gasteiger partial charge in [0, 0.05) is 14.2 Å². The van der Waals surface area contributed by atoms with Crippen molar-refractivity contribution in [2.45, 2.75) is 0 Å². The molecular formula is C4H8N3O4P. The average Bonchev–Trinajstić information content (AvgIpc) is 2.57. The molecule has 0 spiro atoms. The van der Waals surface area contributed by atoms with Gasteiger partial charge in [-0.2, -0.15) is 10.3 Å². The summed E-state index contributed by atoms with van der Waals surface area (Å²) >= 11 is 0. The number of nitrogens with one attached hydrogen (secondary N) is 1. The Morgan fingerprint density at radius 2 is 2.17 bits per heavy atom. The van der Waals surface area contributed by atoms with Crippen molar-refractivity contribution in [3.05, 3.63) is 6.20 Å². The minimum absolute atomic E-state index is 0.0574. The lowest BCUT2D eigenvalue weighted by Gasteiger charge is -2.10. The van der Waals surface area contributed by atoms with Crippen LogP contribution in [0.3, 0.4) is 0 Å². The predicted octanol–water partition coefficient (Wildman–Crippen LogP) is 0.584. The normalized spacial score (nSPS) is 11.5. The molecule has 1 rings (SSSR count). The maximum atomic E-state index is 11.3. The number of aromatic amines is 1. The van der Waals surface area contributed by atoms with Gasteiger partial charge >= 0.3 is 7.82 Å². The standard InChI is InChI=1S/C4H8N3O4P/c1-9-12(8,10-2)11-4-3-5-7-6-4/h3H,1-2H3,(H,5,6,7). The van der Waals surface area contributed by atoms with Crippen LogP contribution in [0.1, 0.15) is 0 Å². The van der Waals surface area contributed by atoms with Crippen molar-refractivity contribution >= 4 is 7.82 Å². The highest BCUT2D eigenvalue weighted by Crippen LogP contribution is 2.46. The molecule has 8 heteroatoms. The van der Waals surface area contributed by atoms with Gasteiger partial charge < -0.3 is 4.52 Å². The monoisotopic (exact) mass is 193 g/mol. The zero-order valence-electron chi connectivity index (χ0n) is 6.55. The number of hydrogen-bond acceptors (Lipinski definition) is 6. The summed E-state index contributed by atoms with van der Waals surface area (Å²) in [5.74, 6) is 0.0574. The van der Waals surface area contributed by atoms with Crippen molar-refractivity contribution in [2.75, 3.05) is 14.2 Å². The minimum atomic E-state index is -3.49. The largest absolute Gasteiger partial charge is 0.530 e. The Morgan fingerprint density at radius 3 is 2.58 bits per heavy atom. The van der Waals surface area contributed by atoms with Crippen molar-refractivity contribution in [1.29, 1.82) is 0 Å². The first kappa shape index (κ1) is 9.18. The van der Waals surface area contributed by atoms with Gasteiger partial charge in [-0.1, -0.05) is 0 Å². The molecule has 0 saturated carbocycles. The van der Waals surface area contributed by atoms with Crippen LogP contribution in [0.25, 0.3) is 0 Å². The van der Waals surface area contributed by atoms with Crippen LogP contribution in [0.15, 0.2) is 6.20 Å². The molecule has 0 saturated heterocycles. The summed E-state index contributed by atoms with van der Waals surface area (Å²) < 4.78 is 25.0. The van der Waals surface area contributed by atoms with Crippen LogP contribution in [0.5, 0.6) is 5.88 Å². The first-order chi connectivity index (χ1) is 5.70. The van der Waals surface area contributed by atoms with Crippen molar-refractivity contribution < 1.29 is 18.1 Å². The summed E-state index contributed by atoms with van der Waals surface area (Å²) in [5, 5.41) is 9.23. The molecule has 0 unspecified atom stereocenters. The maximum absolute atomic E-state index is 11.3. The van der Waals surface area contributed by atoms with Crippen molar-refractivity contribution in [3.8, 4) is 5.88 Å². The number of hydrogen-bond donors (Lipinski definition) is 1. The zero-order valence-corrected chi connectivity index (χ0v) is 7.45. The number of phosphoric acid groups is 1. The highest BCUT2D eigenvalue weighted by molar-refractivity contribution is 7.48. The fourth-order valence-corrected chi connectivity index (χ4v) is 1.11. The highest BCUT2D eigenvalue weighted by Gasteiger charge is 2.25. The fourth-order valence-electron chi connectivity index (χ4n) is 0.499. The van der Waals surface area contributed by atoms with E-state index in [-0.39, 0.29) is 5.88 Å². The third-order valence-electron chi connectivity index (χ3n) is 1.05. The van der Waals surface area contributed by atoms with Gasteiger partial charge in [-0.25, -0.2) is 4.57 Å². The second kappa shape index (κ2) is 3.66. The fraction of sp³-hybridized carbons (Fsp3) is 0.500. The summed E-state index contributed by atoms with van der Waals surface area (Å²) in [6.45, 7) is 0. The summed E-state index contributed by atoms with van der Waals surface area (Å²) in [4.78, 5) is 0. The maximum Gasteiger partial charge on any atom is 0.530 e. The molecule has 12 heavy (non-hydrogen) atoms. The summed E-state index contributed by atoms with van der Waals surface area (Å²) in [6.07, 6.45) is 1.25. The molecule has 68 valence electrons. The molecule has 0 radical (unpaired) electrons. The van der Waals surface area contributed by atoms with E-state index in [1.807, 2.05) is 0 Å². The first-order valence-electron chi connectivity index (χ1n) is 2.97. The molecule has 1 heterocycles. The lowest BCUT2D eigenvalue weighted by atomic mass is 10.9. The Balaban J connectivity index is 2.67. The molecule has 0 aromatic carbocycles. The smallest absolute Gasteiger partial charge is 0.382 e. The molecule has 0 atom stereocenters. The van der Waals surface area contributed by atoms with Gasteiger partial charge in [0.1, 0.15) is 6.20 Å². The van der Waals surface area contributed by atoms with Crippen molar-refractivity contribution in [1.82, 2.24) is 15.4 Å². The Bertz CT molecular complexity index is 266. The van der Waals surface area contributed by atoms with Crippen LogP contribution in [0.2, 0.25) is 0 Å². The molecule has 1 N–H and O–H groups in total. The van der Waals surface area contributed by atoms with E-state index in [1.165, 1.54) is 20.4 Å². The van der Waals surface area contributed by atoms with E-state index < -0.39 is 7.82 Å². The molecule has 1 aromatic heterocycles. The quantitative estimate of drug-likeness (QED) is 0.704. The number of aromatic nitrogens is 3. The van der Waals surface area contributed by atoms with Crippen molar-refractivity contribution in [3.63, 3.8) is 0 Å². The van der Waals surface area contributed by atoms with Crippen LogP contribution >= 0.6 is 7.82 Å². The molecule has 7 nitrogen and oxygen atoms in total. The van der Waals surface area contributed by atoms with E-state index in [4.69, 9.17) is 4.52 Å². The van der Waals surface area contributed by atoms with E-state index in [9.17, 15) is 4.57 Å². The van der Waals surface area contributed by atoms with E-state index in [0.29, 0.717) is 0 Å². The molecule has 0 bridgehead atoms. The number of nitrogens with zero attached hydrogens (tertiary/aromatic N) is 2. The SMILES string of the molecule is COP(=O)(OC)Oc1cn[nH]n1. The van der Waals surface area contributed by atoms with E-state index in [2.05, 4.69) is 24.5 Å². The van der Waals surface area contributed by atoms with Crippen LogP contribution in [0, 0.1) is 0 Å². The number of phosphoric ester groups is 1. The van der Waals surface area contributed by atoms with Gasteiger partial charge in [-0.3, -0.25) is 9.05 Å².